The van der Waals surface area contributed by atoms with Crippen molar-refractivity contribution in [2.75, 3.05) is 19.1 Å². The minimum atomic E-state index is -0.585. The highest BCUT2D eigenvalue weighted by atomic mass is 35.5. The number of carbonyl (C=O) groups excluding carboxylic acids is 1. The van der Waals surface area contributed by atoms with Crippen molar-refractivity contribution in [1.82, 2.24) is 0 Å². The molecule has 0 bridgehead atoms. The fourth-order valence-corrected chi connectivity index (χ4v) is 3.82. The normalized spacial score (nSPS) is 13.4. The molecule has 0 heterocycles. The number of hydrogen-bond acceptors (Lipinski definition) is 4. The highest BCUT2D eigenvalue weighted by Crippen LogP contribution is 2.40. The summed E-state index contributed by atoms with van der Waals surface area (Å²) in [5.41, 5.74) is 1.70. The van der Waals surface area contributed by atoms with Crippen LogP contribution in [0.3, 0.4) is 0 Å². The number of ether oxygens (including phenoxy) is 3. The minimum Gasteiger partial charge on any atom is -0.493 e. The van der Waals surface area contributed by atoms with Gasteiger partial charge in [0.25, 0.3) is 0 Å². The van der Waals surface area contributed by atoms with Crippen LogP contribution in [-0.4, -0.2) is 31.2 Å². The molecule has 2 aromatic carbocycles. The number of hydrogen-bond donors (Lipinski definition) is 0. The summed E-state index contributed by atoms with van der Waals surface area (Å²) >= 11 is 18.8. The predicted octanol–water partition coefficient (Wildman–Crippen LogP) is 7.29. The zero-order chi connectivity index (χ0) is 23.9. The molecule has 4 nitrogen and oxygen atoms in total. The maximum absolute atomic E-state index is 11.2. The number of alkyl halides is 1. The first kappa shape index (κ1) is 26.6. The second-order valence-electron chi connectivity index (χ2n) is 8.44. The van der Waals surface area contributed by atoms with E-state index in [1.807, 2.05) is 24.3 Å². The Morgan fingerprint density at radius 2 is 1.59 bits per heavy atom. The molecular formula is C25H31Cl3O4. The molecule has 0 N–H and O–H groups in total. The van der Waals surface area contributed by atoms with Gasteiger partial charge in [0, 0.05) is 12.3 Å². The molecule has 2 rings (SSSR count). The van der Waals surface area contributed by atoms with E-state index < -0.39 is 12.1 Å². The first-order valence-corrected chi connectivity index (χ1v) is 12.0. The maximum Gasteiger partial charge on any atom is 0.303 e. The highest BCUT2D eigenvalue weighted by molar-refractivity contribution is 6.37. The zero-order valence-corrected chi connectivity index (χ0v) is 21.5. The van der Waals surface area contributed by atoms with Crippen molar-refractivity contribution in [2.45, 2.75) is 52.6 Å². The van der Waals surface area contributed by atoms with Crippen molar-refractivity contribution in [3.05, 3.63) is 57.6 Å². The molecule has 0 radical (unpaired) electrons. The summed E-state index contributed by atoms with van der Waals surface area (Å²) in [7, 11) is 0. The van der Waals surface area contributed by atoms with Gasteiger partial charge in [-0.05, 0) is 41.3 Å². The van der Waals surface area contributed by atoms with Gasteiger partial charge in [-0.1, -0.05) is 69.5 Å². The Hall–Kier alpha value is -1.62. The van der Waals surface area contributed by atoms with Crippen LogP contribution in [-0.2, 0) is 14.9 Å². The molecule has 32 heavy (non-hydrogen) atoms. The molecule has 0 aliphatic carbocycles. The monoisotopic (exact) mass is 500 g/mol. The van der Waals surface area contributed by atoms with Crippen LogP contribution in [0.15, 0.2) is 36.4 Å². The smallest absolute Gasteiger partial charge is 0.303 e. The van der Waals surface area contributed by atoms with E-state index in [1.165, 1.54) is 6.92 Å². The summed E-state index contributed by atoms with van der Waals surface area (Å²) in [6, 6.07) is 11.8. The van der Waals surface area contributed by atoms with Gasteiger partial charge in [-0.3, -0.25) is 4.79 Å². The van der Waals surface area contributed by atoms with E-state index in [-0.39, 0.29) is 17.9 Å². The van der Waals surface area contributed by atoms with E-state index in [2.05, 4.69) is 39.8 Å². The van der Waals surface area contributed by atoms with Crippen LogP contribution in [0.1, 0.15) is 52.2 Å². The standard InChI is InChI=1S/C25H31Cl3O4/c1-6-16(2)14-30-20-9-7-18(8-10-20)25(4,5)19-11-22(27)24(23(28)12-19)31-15-21(13-26)32-17(3)29/h7-12,16,21H,6,13-15H2,1-5H3/t16-,21-/m1/s1. The zero-order valence-electron chi connectivity index (χ0n) is 19.2. The molecule has 176 valence electrons. The SMILES string of the molecule is CC[C@@H](C)COc1ccc(C(C)(C)c2cc(Cl)c(OC[C@@H](CCl)OC(C)=O)c(Cl)c2)cc1. The number of esters is 1. The summed E-state index contributed by atoms with van der Waals surface area (Å²) in [5, 5.41) is 0.760. The fraction of sp³-hybridized carbons (Fsp3) is 0.480. The van der Waals surface area contributed by atoms with Crippen LogP contribution in [0.25, 0.3) is 0 Å². The van der Waals surface area contributed by atoms with Gasteiger partial charge in [-0.2, -0.15) is 0 Å². The third kappa shape index (κ3) is 7.19. The van der Waals surface area contributed by atoms with Gasteiger partial charge < -0.3 is 14.2 Å². The number of benzene rings is 2. The van der Waals surface area contributed by atoms with Gasteiger partial charge in [0.05, 0.1) is 22.5 Å². The highest BCUT2D eigenvalue weighted by Gasteiger charge is 2.26. The van der Waals surface area contributed by atoms with E-state index >= 15 is 0 Å². The molecule has 0 unspecified atom stereocenters. The summed E-state index contributed by atoms with van der Waals surface area (Å²) < 4.78 is 16.7. The predicted molar refractivity (Wildman–Crippen MR) is 132 cm³/mol. The molecule has 0 aliphatic heterocycles. The Kier molecular flexibility index (Phi) is 10.00. The van der Waals surface area contributed by atoms with E-state index in [4.69, 9.17) is 49.0 Å². The minimum absolute atomic E-state index is 0.0589. The lowest BCUT2D eigenvalue weighted by molar-refractivity contribution is -0.146. The van der Waals surface area contributed by atoms with Crippen LogP contribution in [0.4, 0.5) is 0 Å². The largest absolute Gasteiger partial charge is 0.493 e. The molecule has 7 heteroatoms. The van der Waals surface area contributed by atoms with Gasteiger partial charge in [0.2, 0.25) is 0 Å². The van der Waals surface area contributed by atoms with Gasteiger partial charge in [0.15, 0.2) is 5.75 Å². The van der Waals surface area contributed by atoms with Gasteiger partial charge >= 0.3 is 5.97 Å². The summed E-state index contributed by atoms with van der Waals surface area (Å²) in [6.45, 7) is 10.6. The summed E-state index contributed by atoms with van der Waals surface area (Å²) in [6.07, 6.45) is 0.501. The van der Waals surface area contributed by atoms with Crippen molar-refractivity contribution in [2.24, 2.45) is 5.92 Å². The van der Waals surface area contributed by atoms with E-state index in [0.717, 1.165) is 23.3 Å². The van der Waals surface area contributed by atoms with Crippen LogP contribution < -0.4 is 9.47 Å². The van der Waals surface area contributed by atoms with Gasteiger partial charge in [-0.15, -0.1) is 11.6 Å². The molecule has 0 fully saturated rings. The average Bonchev–Trinajstić information content (AvgIpc) is 2.75. The molecular weight excluding hydrogens is 471 g/mol. The molecule has 0 spiro atoms. The lowest BCUT2D eigenvalue weighted by atomic mass is 9.78. The van der Waals surface area contributed by atoms with Crippen molar-refractivity contribution in [1.29, 1.82) is 0 Å². The number of carbonyl (C=O) groups is 1. The lowest BCUT2D eigenvalue weighted by Gasteiger charge is -2.27. The van der Waals surface area contributed by atoms with Gasteiger partial charge in [0.1, 0.15) is 18.5 Å². The van der Waals surface area contributed by atoms with Crippen molar-refractivity contribution in [3.8, 4) is 11.5 Å². The van der Waals surface area contributed by atoms with E-state index in [1.54, 1.807) is 0 Å². The second kappa shape index (κ2) is 12.0. The molecule has 0 saturated carbocycles. The van der Waals surface area contributed by atoms with Crippen molar-refractivity contribution in [3.63, 3.8) is 0 Å². The second-order valence-corrected chi connectivity index (χ2v) is 9.56. The van der Waals surface area contributed by atoms with Crippen molar-refractivity contribution < 1.29 is 19.0 Å². The fourth-order valence-electron chi connectivity index (χ4n) is 3.07. The maximum atomic E-state index is 11.2. The van der Waals surface area contributed by atoms with E-state index in [9.17, 15) is 4.79 Å². The van der Waals surface area contributed by atoms with Crippen LogP contribution >= 0.6 is 34.8 Å². The van der Waals surface area contributed by atoms with Crippen LogP contribution in [0.5, 0.6) is 11.5 Å². The molecule has 0 aromatic heterocycles. The number of rotatable bonds is 11. The Morgan fingerprint density at radius 1 is 1.00 bits per heavy atom. The van der Waals surface area contributed by atoms with Gasteiger partial charge in [-0.25, -0.2) is 0 Å². The van der Waals surface area contributed by atoms with E-state index in [0.29, 0.717) is 28.3 Å². The first-order chi connectivity index (χ1) is 15.1. The summed E-state index contributed by atoms with van der Waals surface area (Å²) in [4.78, 5) is 11.2. The molecule has 0 saturated heterocycles. The topological polar surface area (TPSA) is 44.8 Å². The lowest BCUT2D eigenvalue weighted by Crippen LogP contribution is -2.26. The summed E-state index contributed by atoms with van der Waals surface area (Å²) in [5.74, 6) is 1.39. The molecule has 0 aliphatic rings. The Morgan fingerprint density at radius 3 is 2.09 bits per heavy atom. The average molecular weight is 502 g/mol. The Bertz CT molecular complexity index is 874. The Labute approximate surface area is 206 Å². The first-order valence-electron chi connectivity index (χ1n) is 10.7. The van der Waals surface area contributed by atoms with Crippen LogP contribution in [0, 0.1) is 5.92 Å². The Balaban J connectivity index is 2.17. The molecule has 2 aromatic rings. The quantitative estimate of drug-likeness (QED) is 0.239. The van der Waals surface area contributed by atoms with Crippen molar-refractivity contribution >= 4 is 40.8 Å². The third-order valence-electron chi connectivity index (χ3n) is 5.45. The number of halogens is 3. The third-order valence-corrected chi connectivity index (χ3v) is 6.35. The van der Waals surface area contributed by atoms with Crippen LogP contribution in [0.2, 0.25) is 10.0 Å². The molecule has 2 atom stereocenters. The molecule has 0 amide bonds.